The lowest BCUT2D eigenvalue weighted by atomic mass is 10.0. The smallest absolute Gasteiger partial charge is 0.355 e. The van der Waals surface area contributed by atoms with Gasteiger partial charge in [0.2, 0.25) is 0 Å². The molecule has 0 bridgehead atoms. The molecule has 0 aliphatic heterocycles. The molecule has 0 saturated heterocycles. The lowest BCUT2D eigenvalue weighted by Crippen LogP contribution is -2.04. The van der Waals surface area contributed by atoms with Gasteiger partial charge in [-0.05, 0) is 53.9 Å². The summed E-state index contributed by atoms with van der Waals surface area (Å²) in [5, 5.41) is 3.31. The molecular formula is C21H16F3N3O. The molecule has 0 unspecified atom stereocenters. The molecule has 3 aromatic carbocycles. The van der Waals surface area contributed by atoms with E-state index in [0.717, 1.165) is 34.6 Å². The average molecular weight is 383 g/mol. The normalized spacial score (nSPS) is 11.7. The zero-order valence-electron chi connectivity index (χ0n) is 14.6. The fourth-order valence-electron chi connectivity index (χ4n) is 3.10. The Bertz CT molecular complexity index is 1160. The summed E-state index contributed by atoms with van der Waals surface area (Å²) in [6.07, 6.45) is -3.95. The summed E-state index contributed by atoms with van der Waals surface area (Å²) in [5.41, 5.74) is 3.54. The van der Waals surface area contributed by atoms with Crippen molar-refractivity contribution in [2.24, 2.45) is 0 Å². The van der Waals surface area contributed by atoms with Crippen LogP contribution in [-0.2, 0) is 12.6 Å². The van der Waals surface area contributed by atoms with Crippen LogP contribution >= 0.6 is 0 Å². The molecule has 0 saturated carbocycles. The average Bonchev–Trinajstić information content (AvgIpc) is 3.01. The minimum atomic E-state index is -4.36. The summed E-state index contributed by atoms with van der Waals surface area (Å²) in [6.45, 7) is 0. The number of nitrogens with one attached hydrogen (secondary N) is 3. The van der Waals surface area contributed by atoms with Crippen molar-refractivity contribution in [1.29, 1.82) is 0 Å². The van der Waals surface area contributed by atoms with Gasteiger partial charge in [0.05, 0.1) is 16.6 Å². The zero-order chi connectivity index (χ0) is 19.7. The summed E-state index contributed by atoms with van der Waals surface area (Å²) in [7, 11) is 0. The molecular weight excluding hydrogens is 367 g/mol. The highest BCUT2D eigenvalue weighted by atomic mass is 19.4. The maximum atomic E-state index is 12.8. The third-order valence-electron chi connectivity index (χ3n) is 4.47. The van der Waals surface area contributed by atoms with Crippen molar-refractivity contribution in [3.8, 4) is 0 Å². The van der Waals surface area contributed by atoms with Gasteiger partial charge in [-0.3, -0.25) is 0 Å². The number of halogens is 3. The van der Waals surface area contributed by atoms with Crippen LogP contribution in [0.4, 0.5) is 24.5 Å². The van der Waals surface area contributed by atoms with Crippen LogP contribution in [0.3, 0.4) is 0 Å². The molecule has 0 atom stereocenters. The fraction of sp³-hybridized carbons (Fsp3) is 0.0952. The van der Waals surface area contributed by atoms with E-state index in [1.165, 1.54) is 12.1 Å². The van der Waals surface area contributed by atoms with E-state index >= 15 is 0 Å². The van der Waals surface area contributed by atoms with Crippen LogP contribution in [0.2, 0.25) is 0 Å². The third kappa shape index (κ3) is 3.78. The molecule has 142 valence electrons. The Morgan fingerprint density at radius 1 is 0.857 bits per heavy atom. The van der Waals surface area contributed by atoms with Gasteiger partial charge >= 0.3 is 11.9 Å². The van der Waals surface area contributed by atoms with Gasteiger partial charge in [-0.25, -0.2) is 4.79 Å². The number of imidazole rings is 1. The monoisotopic (exact) mass is 383 g/mol. The third-order valence-corrected chi connectivity index (χ3v) is 4.47. The van der Waals surface area contributed by atoms with Gasteiger partial charge in [-0.15, -0.1) is 0 Å². The van der Waals surface area contributed by atoms with E-state index < -0.39 is 11.7 Å². The Balaban J connectivity index is 1.71. The highest BCUT2D eigenvalue weighted by Gasteiger charge is 2.29. The van der Waals surface area contributed by atoms with Crippen LogP contribution in [0.5, 0.6) is 0 Å². The van der Waals surface area contributed by atoms with Crippen LogP contribution in [0.1, 0.15) is 16.7 Å². The molecule has 0 aliphatic rings. The van der Waals surface area contributed by atoms with Crippen molar-refractivity contribution < 1.29 is 13.2 Å². The molecule has 0 radical (unpaired) electrons. The maximum Gasteiger partial charge on any atom is 0.416 e. The Hall–Kier alpha value is -3.48. The second-order valence-electron chi connectivity index (χ2n) is 6.50. The first-order valence-electron chi connectivity index (χ1n) is 8.61. The number of aromatic nitrogens is 2. The van der Waals surface area contributed by atoms with E-state index in [4.69, 9.17) is 0 Å². The highest BCUT2D eigenvalue weighted by molar-refractivity contribution is 5.82. The summed E-state index contributed by atoms with van der Waals surface area (Å²) in [4.78, 5) is 17.1. The van der Waals surface area contributed by atoms with E-state index in [0.29, 0.717) is 17.5 Å². The van der Waals surface area contributed by atoms with Crippen molar-refractivity contribution in [2.45, 2.75) is 12.6 Å². The van der Waals surface area contributed by atoms with E-state index in [1.54, 1.807) is 0 Å². The first-order valence-corrected chi connectivity index (χ1v) is 8.61. The second kappa shape index (κ2) is 6.92. The standard InChI is InChI=1S/C21H16F3N3O/c22-21(23,24)15-8-6-13(7-9-15)10-14-11-18-19(27-20(28)26-18)12-17(14)25-16-4-2-1-3-5-16/h1-9,11-12,25H,10H2,(H2,26,27,28). The zero-order valence-corrected chi connectivity index (χ0v) is 14.6. The lowest BCUT2D eigenvalue weighted by molar-refractivity contribution is -0.137. The summed E-state index contributed by atoms with van der Waals surface area (Å²) in [6, 6.07) is 18.3. The van der Waals surface area contributed by atoms with Crippen molar-refractivity contribution in [2.75, 3.05) is 5.32 Å². The number of hydrogen-bond acceptors (Lipinski definition) is 2. The molecule has 4 aromatic rings. The molecule has 4 rings (SSSR count). The molecule has 3 N–H and O–H groups in total. The molecule has 0 spiro atoms. The van der Waals surface area contributed by atoms with Gasteiger partial charge in [0.15, 0.2) is 0 Å². The maximum absolute atomic E-state index is 12.8. The number of hydrogen-bond donors (Lipinski definition) is 3. The van der Waals surface area contributed by atoms with Crippen LogP contribution in [-0.4, -0.2) is 9.97 Å². The van der Waals surface area contributed by atoms with E-state index in [2.05, 4.69) is 15.3 Å². The molecule has 7 heteroatoms. The topological polar surface area (TPSA) is 60.7 Å². The minimum Gasteiger partial charge on any atom is -0.355 e. The second-order valence-corrected chi connectivity index (χ2v) is 6.50. The number of rotatable bonds is 4. The lowest BCUT2D eigenvalue weighted by Gasteiger charge is -2.13. The molecule has 0 fully saturated rings. The van der Waals surface area contributed by atoms with Crippen molar-refractivity contribution in [1.82, 2.24) is 9.97 Å². The van der Waals surface area contributed by atoms with Crippen molar-refractivity contribution >= 4 is 22.4 Å². The predicted molar refractivity (Wildman–Crippen MR) is 103 cm³/mol. The molecule has 1 heterocycles. The SMILES string of the molecule is O=c1[nH]c2cc(Cc3ccc(C(F)(F)F)cc3)c(Nc3ccccc3)cc2[nH]1. The number of fused-ring (bicyclic) bond motifs is 1. The molecule has 28 heavy (non-hydrogen) atoms. The van der Waals surface area contributed by atoms with E-state index in [9.17, 15) is 18.0 Å². The largest absolute Gasteiger partial charge is 0.416 e. The number of aromatic amines is 2. The van der Waals surface area contributed by atoms with Gasteiger partial charge in [0, 0.05) is 11.4 Å². The molecule has 0 aliphatic carbocycles. The number of para-hydroxylation sites is 1. The first kappa shape index (κ1) is 17.9. The van der Waals surface area contributed by atoms with Crippen LogP contribution in [0, 0.1) is 0 Å². The van der Waals surface area contributed by atoms with Gasteiger partial charge in [-0.2, -0.15) is 13.2 Å². The fourth-order valence-corrected chi connectivity index (χ4v) is 3.10. The first-order chi connectivity index (χ1) is 13.4. The molecule has 0 amide bonds. The van der Waals surface area contributed by atoms with Crippen molar-refractivity contribution in [3.05, 3.63) is 93.9 Å². The Morgan fingerprint density at radius 3 is 2.14 bits per heavy atom. The van der Waals surface area contributed by atoms with E-state index in [1.807, 2.05) is 42.5 Å². The quantitative estimate of drug-likeness (QED) is 0.453. The number of alkyl halides is 3. The summed E-state index contributed by atoms with van der Waals surface area (Å²) >= 11 is 0. The van der Waals surface area contributed by atoms with Crippen molar-refractivity contribution in [3.63, 3.8) is 0 Å². The van der Waals surface area contributed by atoms with Gasteiger partial charge in [-0.1, -0.05) is 30.3 Å². The van der Waals surface area contributed by atoms with Crippen LogP contribution in [0.15, 0.2) is 71.5 Å². The molecule has 4 nitrogen and oxygen atoms in total. The van der Waals surface area contributed by atoms with Gasteiger partial charge < -0.3 is 15.3 Å². The number of anilines is 2. The summed E-state index contributed by atoms with van der Waals surface area (Å²) < 4.78 is 38.3. The Morgan fingerprint density at radius 2 is 1.50 bits per heavy atom. The van der Waals surface area contributed by atoms with Crippen LogP contribution in [0.25, 0.3) is 11.0 Å². The number of benzene rings is 3. The van der Waals surface area contributed by atoms with Gasteiger partial charge in [0.25, 0.3) is 0 Å². The Kier molecular flexibility index (Phi) is 4.43. The number of H-pyrrole nitrogens is 2. The molecule has 1 aromatic heterocycles. The van der Waals surface area contributed by atoms with Gasteiger partial charge in [0.1, 0.15) is 0 Å². The Labute approximate surface area is 158 Å². The predicted octanol–water partition coefficient (Wildman–Crippen LogP) is 5.21. The minimum absolute atomic E-state index is 0.313. The summed E-state index contributed by atoms with van der Waals surface area (Å²) in [5.74, 6) is 0. The van der Waals surface area contributed by atoms with Crippen LogP contribution < -0.4 is 11.0 Å². The van der Waals surface area contributed by atoms with E-state index in [-0.39, 0.29) is 5.69 Å². The highest BCUT2D eigenvalue weighted by Crippen LogP contribution is 2.31.